The summed E-state index contributed by atoms with van der Waals surface area (Å²) in [5, 5.41) is 9.05. The van der Waals surface area contributed by atoms with Crippen LogP contribution < -0.4 is 4.90 Å². The minimum absolute atomic E-state index is 0.131. The molecule has 2 aromatic rings. The molecule has 1 heterocycles. The maximum atomic E-state index is 12.4. The number of rotatable bonds is 6. The van der Waals surface area contributed by atoms with Gasteiger partial charge in [-0.3, -0.25) is 9.59 Å². The van der Waals surface area contributed by atoms with Crippen LogP contribution in [0.15, 0.2) is 40.9 Å². The van der Waals surface area contributed by atoms with Crippen LogP contribution in [0.2, 0.25) is 0 Å². The summed E-state index contributed by atoms with van der Waals surface area (Å²) in [6.45, 7) is 5.69. The second-order valence-corrected chi connectivity index (χ2v) is 6.58. The van der Waals surface area contributed by atoms with Gasteiger partial charge in [0.25, 0.3) is 0 Å². The van der Waals surface area contributed by atoms with Crippen molar-refractivity contribution in [3.05, 3.63) is 48.2 Å². The molecule has 0 fully saturated rings. The van der Waals surface area contributed by atoms with Crippen molar-refractivity contribution in [2.45, 2.75) is 39.0 Å². The van der Waals surface area contributed by atoms with Crippen LogP contribution >= 0.6 is 0 Å². The lowest BCUT2D eigenvalue weighted by Crippen LogP contribution is -2.35. The van der Waals surface area contributed by atoms with Gasteiger partial charge in [0.1, 0.15) is 12.3 Å². The summed E-state index contributed by atoms with van der Waals surface area (Å²) in [6.07, 6.45) is 2.14. The minimum Gasteiger partial charge on any atom is -0.480 e. The van der Waals surface area contributed by atoms with Crippen LogP contribution in [0.4, 0.5) is 5.69 Å². The SMILES string of the molecule is CC(C)(C)c1cnc(CCC(=O)N(CC(=O)O)c2ccccc2)o1. The van der Waals surface area contributed by atoms with Gasteiger partial charge in [-0.15, -0.1) is 0 Å². The molecule has 1 aromatic carbocycles. The van der Waals surface area contributed by atoms with Gasteiger partial charge < -0.3 is 14.4 Å². The Morgan fingerprint density at radius 1 is 1.21 bits per heavy atom. The van der Waals surface area contributed by atoms with Crippen molar-refractivity contribution in [1.29, 1.82) is 0 Å². The fourth-order valence-corrected chi connectivity index (χ4v) is 2.19. The lowest BCUT2D eigenvalue weighted by atomic mass is 9.94. The van der Waals surface area contributed by atoms with Gasteiger partial charge in [0, 0.05) is 23.9 Å². The van der Waals surface area contributed by atoms with E-state index in [4.69, 9.17) is 9.52 Å². The molecule has 0 aliphatic rings. The van der Waals surface area contributed by atoms with Crippen LogP contribution in [-0.4, -0.2) is 28.5 Å². The Labute approximate surface area is 141 Å². The number of anilines is 1. The number of nitrogens with zero attached hydrogens (tertiary/aromatic N) is 2. The average Bonchev–Trinajstić information content (AvgIpc) is 3.00. The van der Waals surface area contributed by atoms with Gasteiger partial charge >= 0.3 is 5.97 Å². The Balaban J connectivity index is 2.05. The third-order valence-electron chi connectivity index (χ3n) is 3.51. The van der Waals surface area contributed by atoms with Crippen molar-refractivity contribution in [2.75, 3.05) is 11.4 Å². The van der Waals surface area contributed by atoms with Crippen LogP contribution in [0.3, 0.4) is 0 Å². The van der Waals surface area contributed by atoms with Crippen molar-refractivity contribution >= 4 is 17.6 Å². The Bertz CT molecular complexity index is 701. The highest BCUT2D eigenvalue weighted by molar-refractivity contribution is 5.97. The summed E-state index contributed by atoms with van der Waals surface area (Å²) < 4.78 is 5.67. The molecular formula is C18H22N2O4. The third kappa shape index (κ3) is 4.68. The third-order valence-corrected chi connectivity index (χ3v) is 3.51. The molecule has 1 amide bonds. The number of carbonyl (C=O) groups is 2. The number of hydrogen-bond acceptors (Lipinski definition) is 4. The average molecular weight is 330 g/mol. The second-order valence-electron chi connectivity index (χ2n) is 6.58. The van der Waals surface area contributed by atoms with E-state index in [1.807, 2.05) is 26.8 Å². The number of oxazole rings is 1. The molecule has 1 aromatic heterocycles. The first kappa shape index (κ1) is 17.7. The number of benzene rings is 1. The second kappa shape index (κ2) is 7.29. The first-order valence-corrected chi connectivity index (χ1v) is 7.80. The molecule has 0 saturated carbocycles. The summed E-state index contributed by atoms with van der Waals surface area (Å²) in [4.78, 5) is 29.0. The molecule has 1 N–H and O–H groups in total. The molecule has 0 bridgehead atoms. The number of aliphatic carboxylic acids is 1. The van der Waals surface area contributed by atoms with Crippen molar-refractivity contribution in [1.82, 2.24) is 4.98 Å². The van der Waals surface area contributed by atoms with Crippen LogP contribution in [0.5, 0.6) is 0 Å². The van der Waals surface area contributed by atoms with E-state index >= 15 is 0 Å². The van der Waals surface area contributed by atoms with Gasteiger partial charge in [0.15, 0.2) is 5.89 Å². The predicted molar refractivity (Wildman–Crippen MR) is 90.0 cm³/mol. The molecule has 24 heavy (non-hydrogen) atoms. The summed E-state index contributed by atoms with van der Waals surface area (Å²) in [5.41, 5.74) is 0.418. The number of aryl methyl sites for hydroxylation is 1. The quantitative estimate of drug-likeness (QED) is 0.880. The van der Waals surface area contributed by atoms with Gasteiger partial charge in [-0.25, -0.2) is 4.98 Å². The molecular weight excluding hydrogens is 308 g/mol. The van der Waals surface area contributed by atoms with E-state index in [1.165, 1.54) is 4.90 Å². The van der Waals surface area contributed by atoms with Crippen molar-refractivity contribution < 1.29 is 19.1 Å². The summed E-state index contributed by atoms with van der Waals surface area (Å²) in [6, 6.07) is 8.77. The molecule has 0 spiro atoms. The number of aromatic nitrogens is 1. The van der Waals surface area contributed by atoms with Gasteiger partial charge in [-0.05, 0) is 12.1 Å². The number of carbonyl (C=O) groups excluding carboxylic acids is 1. The number of hydrogen-bond donors (Lipinski definition) is 1. The van der Waals surface area contributed by atoms with E-state index in [9.17, 15) is 9.59 Å². The fraction of sp³-hybridized carbons (Fsp3) is 0.389. The Morgan fingerprint density at radius 2 is 1.88 bits per heavy atom. The largest absolute Gasteiger partial charge is 0.480 e. The van der Waals surface area contributed by atoms with Crippen molar-refractivity contribution in [3.63, 3.8) is 0 Å². The zero-order valence-electron chi connectivity index (χ0n) is 14.2. The topological polar surface area (TPSA) is 83.6 Å². The number of carboxylic acids is 1. The number of para-hydroxylation sites is 1. The standard InChI is InChI=1S/C18H22N2O4/c1-18(2,3)14-11-19-15(24-14)9-10-16(21)20(12-17(22)23)13-7-5-4-6-8-13/h4-8,11H,9-10,12H2,1-3H3,(H,22,23). The first-order valence-electron chi connectivity index (χ1n) is 7.80. The van der Waals surface area contributed by atoms with Gasteiger partial charge in [0.2, 0.25) is 5.91 Å². The fourth-order valence-electron chi connectivity index (χ4n) is 2.19. The molecule has 6 nitrogen and oxygen atoms in total. The van der Waals surface area contributed by atoms with Crippen LogP contribution in [0.25, 0.3) is 0 Å². The van der Waals surface area contributed by atoms with E-state index in [0.717, 1.165) is 5.76 Å². The lowest BCUT2D eigenvalue weighted by molar-refractivity contribution is -0.136. The maximum absolute atomic E-state index is 12.4. The zero-order valence-corrected chi connectivity index (χ0v) is 14.2. The van der Waals surface area contributed by atoms with Crippen LogP contribution in [0.1, 0.15) is 38.8 Å². The zero-order chi connectivity index (χ0) is 17.7. The monoisotopic (exact) mass is 330 g/mol. The Morgan fingerprint density at radius 3 is 2.42 bits per heavy atom. The first-order chi connectivity index (χ1) is 11.3. The Hall–Kier alpha value is -2.63. The summed E-state index contributed by atoms with van der Waals surface area (Å²) in [5.74, 6) is -0.0931. The molecule has 0 atom stereocenters. The summed E-state index contributed by atoms with van der Waals surface area (Å²) >= 11 is 0. The molecule has 0 saturated heterocycles. The molecule has 128 valence electrons. The highest BCUT2D eigenvalue weighted by Crippen LogP contribution is 2.23. The van der Waals surface area contributed by atoms with E-state index in [0.29, 0.717) is 18.0 Å². The molecule has 0 aliphatic carbocycles. The molecule has 0 radical (unpaired) electrons. The normalized spacial score (nSPS) is 11.3. The number of amides is 1. The molecule has 0 aliphatic heterocycles. The lowest BCUT2D eigenvalue weighted by Gasteiger charge is -2.20. The molecule has 0 unspecified atom stereocenters. The van der Waals surface area contributed by atoms with Crippen LogP contribution in [0, 0.1) is 0 Å². The summed E-state index contributed by atoms with van der Waals surface area (Å²) in [7, 11) is 0. The molecule has 6 heteroatoms. The molecule has 2 rings (SSSR count). The van der Waals surface area contributed by atoms with Gasteiger partial charge in [-0.1, -0.05) is 39.0 Å². The van der Waals surface area contributed by atoms with E-state index < -0.39 is 5.97 Å². The smallest absolute Gasteiger partial charge is 0.323 e. The van der Waals surface area contributed by atoms with Crippen molar-refractivity contribution in [3.8, 4) is 0 Å². The van der Waals surface area contributed by atoms with E-state index in [2.05, 4.69) is 4.98 Å². The Kier molecular flexibility index (Phi) is 5.39. The van der Waals surface area contributed by atoms with Gasteiger partial charge in [-0.2, -0.15) is 0 Å². The van der Waals surface area contributed by atoms with Gasteiger partial charge in [0.05, 0.1) is 6.20 Å². The predicted octanol–water partition coefficient (Wildman–Crippen LogP) is 3.02. The van der Waals surface area contributed by atoms with E-state index in [1.54, 1.807) is 30.5 Å². The minimum atomic E-state index is -1.06. The number of carboxylic acid groups (broad SMARTS) is 1. The van der Waals surface area contributed by atoms with E-state index in [-0.39, 0.29) is 24.3 Å². The van der Waals surface area contributed by atoms with Crippen molar-refractivity contribution in [2.24, 2.45) is 0 Å². The highest BCUT2D eigenvalue weighted by atomic mass is 16.4. The highest BCUT2D eigenvalue weighted by Gasteiger charge is 2.21. The van der Waals surface area contributed by atoms with Crippen LogP contribution in [-0.2, 0) is 21.4 Å². The maximum Gasteiger partial charge on any atom is 0.323 e.